The lowest BCUT2D eigenvalue weighted by Gasteiger charge is -2.22. The summed E-state index contributed by atoms with van der Waals surface area (Å²) < 4.78 is 0. The summed E-state index contributed by atoms with van der Waals surface area (Å²) in [5.74, 6) is 0.960. The number of benzene rings is 1. The Kier molecular flexibility index (Phi) is 4.39. The van der Waals surface area contributed by atoms with E-state index in [2.05, 4.69) is 17.0 Å². The van der Waals surface area contributed by atoms with E-state index in [1.807, 2.05) is 12.1 Å². The van der Waals surface area contributed by atoms with Gasteiger partial charge in [0.1, 0.15) is 0 Å². The molecule has 0 bridgehead atoms. The third-order valence-corrected chi connectivity index (χ3v) is 4.23. The fourth-order valence-corrected chi connectivity index (χ4v) is 2.69. The molecule has 21 heavy (non-hydrogen) atoms. The lowest BCUT2D eigenvalue weighted by Crippen LogP contribution is -2.27. The van der Waals surface area contributed by atoms with Gasteiger partial charge in [-0.05, 0) is 54.7 Å². The summed E-state index contributed by atoms with van der Waals surface area (Å²) in [5, 5.41) is 8.63. The fraction of sp³-hybridized carbons (Fsp3) is 0.500. The summed E-state index contributed by atoms with van der Waals surface area (Å²) >= 11 is 0. The molecule has 2 aliphatic rings. The van der Waals surface area contributed by atoms with E-state index in [0.29, 0.717) is 0 Å². The van der Waals surface area contributed by atoms with Crippen LogP contribution in [0.1, 0.15) is 36.8 Å². The maximum absolute atomic E-state index is 10.5. The van der Waals surface area contributed by atoms with Gasteiger partial charge < -0.3 is 5.11 Å². The van der Waals surface area contributed by atoms with Gasteiger partial charge in [0.2, 0.25) is 0 Å². The Hall–Kier alpha value is -1.61. The molecule has 0 atom stereocenters. The van der Waals surface area contributed by atoms with Crippen LogP contribution in [-0.4, -0.2) is 29.1 Å². The van der Waals surface area contributed by atoms with Gasteiger partial charge in [-0.25, -0.2) is 4.79 Å². The molecule has 2 fully saturated rings. The van der Waals surface area contributed by atoms with Crippen molar-refractivity contribution in [3.8, 4) is 0 Å². The minimum absolute atomic E-state index is 0.904. The summed E-state index contributed by atoms with van der Waals surface area (Å²) in [6, 6.07) is 8.24. The second kappa shape index (κ2) is 6.44. The zero-order chi connectivity index (χ0) is 14.7. The number of carboxylic acids is 1. The van der Waals surface area contributed by atoms with Crippen LogP contribution < -0.4 is 0 Å². The van der Waals surface area contributed by atoms with E-state index in [0.717, 1.165) is 23.9 Å². The Morgan fingerprint density at radius 2 is 1.67 bits per heavy atom. The van der Waals surface area contributed by atoms with Crippen LogP contribution >= 0.6 is 0 Å². The molecule has 0 aliphatic heterocycles. The Morgan fingerprint density at radius 3 is 2.14 bits per heavy atom. The molecule has 3 heteroatoms. The van der Waals surface area contributed by atoms with Crippen LogP contribution in [0.2, 0.25) is 0 Å². The van der Waals surface area contributed by atoms with Gasteiger partial charge in [-0.15, -0.1) is 0 Å². The molecule has 0 saturated heterocycles. The minimum Gasteiger partial charge on any atom is -0.478 e. The Balaban J connectivity index is 1.57. The third kappa shape index (κ3) is 5.01. The molecule has 1 aromatic carbocycles. The first-order chi connectivity index (χ1) is 10.2. The molecule has 0 unspecified atom stereocenters. The first-order valence-corrected chi connectivity index (χ1v) is 7.91. The lowest BCUT2D eigenvalue weighted by atomic mass is 10.1. The second-order valence-corrected chi connectivity index (χ2v) is 6.49. The first kappa shape index (κ1) is 14.3. The summed E-state index contributed by atoms with van der Waals surface area (Å²) in [4.78, 5) is 13.1. The van der Waals surface area contributed by atoms with Crippen molar-refractivity contribution in [1.82, 2.24) is 4.90 Å². The predicted molar refractivity (Wildman–Crippen MR) is 83.8 cm³/mol. The van der Waals surface area contributed by atoms with Crippen LogP contribution in [0.5, 0.6) is 0 Å². The van der Waals surface area contributed by atoms with Crippen molar-refractivity contribution < 1.29 is 9.90 Å². The molecular formula is C18H23NO2. The van der Waals surface area contributed by atoms with Crippen molar-refractivity contribution in [3.63, 3.8) is 0 Å². The number of hydrogen-bond acceptors (Lipinski definition) is 2. The van der Waals surface area contributed by atoms with Crippen LogP contribution in [0.15, 0.2) is 30.3 Å². The molecule has 1 aromatic rings. The summed E-state index contributed by atoms with van der Waals surface area (Å²) in [6.45, 7) is 3.52. The van der Waals surface area contributed by atoms with Crippen molar-refractivity contribution in [2.45, 2.75) is 32.2 Å². The molecule has 112 valence electrons. The van der Waals surface area contributed by atoms with Crippen molar-refractivity contribution in [2.24, 2.45) is 11.8 Å². The maximum Gasteiger partial charge on any atom is 0.328 e. The largest absolute Gasteiger partial charge is 0.478 e. The van der Waals surface area contributed by atoms with Gasteiger partial charge >= 0.3 is 5.97 Å². The van der Waals surface area contributed by atoms with Gasteiger partial charge in [0, 0.05) is 25.7 Å². The highest BCUT2D eigenvalue weighted by Gasteiger charge is 2.28. The molecule has 0 aromatic heterocycles. The zero-order valence-electron chi connectivity index (χ0n) is 12.4. The van der Waals surface area contributed by atoms with Gasteiger partial charge in [0.15, 0.2) is 0 Å². The highest BCUT2D eigenvalue weighted by atomic mass is 16.4. The topological polar surface area (TPSA) is 40.5 Å². The maximum atomic E-state index is 10.5. The molecule has 1 N–H and O–H groups in total. The molecular weight excluding hydrogens is 262 g/mol. The van der Waals surface area contributed by atoms with Crippen LogP contribution in [0.3, 0.4) is 0 Å². The molecule has 2 aliphatic carbocycles. The van der Waals surface area contributed by atoms with E-state index in [9.17, 15) is 4.79 Å². The first-order valence-electron chi connectivity index (χ1n) is 7.91. The van der Waals surface area contributed by atoms with Crippen LogP contribution in [-0.2, 0) is 11.3 Å². The van der Waals surface area contributed by atoms with Gasteiger partial charge in [-0.3, -0.25) is 4.90 Å². The molecule has 0 heterocycles. The van der Waals surface area contributed by atoms with Crippen LogP contribution in [0, 0.1) is 11.8 Å². The number of carboxylic acid groups (broad SMARTS) is 1. The Bertz CT molecular complexity index is 499. The highest BCUT2D eigenvalue weighted by molar-refractivity contribution is 5.85. The number of nitrogens with zero attached hydrogens (tertiary/aromatic N) is 1. The van der Waals surface area contributed by atoms with Crippen molar-refractivity contribution >= 4 is 12.0 Å². The molecule has 3 rings (SSSR count). The number of carbonyl (C=O) groups is 1. The SMILES string of the molecule is O=C(O)C=Cc1ccc(CN(CC2CC2)CC2CC2)cc1. The molecule has 0 radical (unpaired) electrons. The normalized spacial score (nSPS) is 18.5. The molecule has 2 saturated carbocycles. The lowest BCUT2D eigenvalue weighted by molar-refractivity contribution is -0.131. The van der Waals surface area contributed by atoms with E-state index in [1.165, 1.54) is 50.4 Å². The molecule has 0 spiro atoms. The summed E-state index contributed by atoms with van der Waals surface area (Å²) in [7, 11) is 0. The Labute approximate surface area is 126 Å². The monoisotopic (exact) mass is 285 g/mol. The van der Waals surface area contributed by atoms with Crippen LogP contribution in [0.4, 0.5) is 0 Å². The second-order valence-electron chi connectivity index (χ2n) is 6.49. The Morgan fingerprint density at radius 1 is 1.10 bits per heavy atom. The highest BCUT2D eigenvalue weighted by Crippen LogP contribution is 2.34. The summed E-state index contributed by atoms with van der Waals surface area (Å²) in [5.41, 5.74) is 2.26. The van der Waals surface area contributed by atoms with Crippen molar-refractivity contribution in [3.05, 3.63) is 41.5 Å². The van der Waals surface area contributed by atoms with Gasteiger partial charge in [0.05, 0.1) is 0 Å². The van der Waals surface area contributed by atoms with Crippen molar-refractivity contribution in [1.29, 1.82) is 0 Å². The van der Waals surface area contributed by atoms with Gasteiger partial charge in [0.25, 0.3) is 0 Å². The van der Waals surface area contributed by atoms with E-state index >= 15 is 0 Å². The average molecular weight is 285 g/mol. The zero-order valence-corrected chi connectivity index (χ0v) is 12.4. The summed E-state index contributed by atoms with van der Waals surface area (Å²) in [6.07, 6.45) is 8.43. The average Bonchev–Trinajstić information content (AvgIpc) is 3.34. The van der Waals surface area contributed by atoms with Crippen molar-refractivity contribution in [2.75, 3.05) is 13.1 Å². The minimum atomic E-state index is -0.904. The van der Waals surface area contributed by atoms with E-state index in [4.69, 9.17) is 5.11 Å². The number of hydrogen-bond donors (Lipinski definition) is 1. The molecule has 0 amide bonds. The van der Waals surface area contributed by atoms with Gasteiger partial charge in [-0.2, -0.15) is 0 Å². The van der Waals surface area contributed by atoms with E-state index in [-0.39, 0.29) is 0 Å². The standard InChI is InChI=1S/C18H23NO2/c20-18(21)10-9-14-1-3-15(4-2-14)11-19(12-16-5-6-16)13-17-7-8-17/h1-4,9-10,16-17H,5-8,11-13H2,(H,20,21). The smallest absolute Gasteiger partial charge is 0.328 e. The van der Waals surface area contributed by atoms with Crippen LogP contribution in [0.25, 0.3) is 6.08 Å². The quantitative estimate of drug-likeness (QED) is 0.744. The fourth-order valence-electron chi connectivity index (χ4n) is 2.69. The van der Waals surface area contributed by atoms with E-state index < -0.39 is 5.97 Å². The number of rotatable bonds is 8. The van der Waals surface area contributed by atoms with Gasteiger partial charge in [-0.1, -0.05) is 24.3 Å². The molecule has 3 nitrogen and oxygen atoms in total. The van der Waals surface area contributed by atoms with E-state index in [1.54, 1.807) is 6.08 Å². The predicted octanol–water partition coefficient (Wildman–Crippen LogP) is 3.41. The third-order valence-electron chi connectivity index (χ3n) is 4.23. The number of aliphatic carboxylic acids is 1.